The summed E-state index contributed by atoms with van der Waals surface area (Å²) in [6.45, 7) is 2.11. The predicted octanol–water partition coefficient (Wildman–Crippen LogP) is 7.55. The van der Waals surface area contributed by atoms with Gasteiger partial charge in [0.15, 0.2) is 0 Å². The first-order valence-electron chi connectivity index (χ1n) is 17.0. The van der Waals surface area contributed by atoms with Crippen molar-refractivity contribution in [3.05, 3.63) is 0 Å². The van der Waals surface area contributed by atoms with Crippen LogP contribution in [0.1, 0.15) is 155 Å². The fraction of sp³-hybridized carbons (Fsp3) is 0.938. The smallest absolute Gasteiger partial charge is 0.457 e. The summed E-state index contributed by atoms with van der Waals surface area (Å²) in [5, 5.41) is 18.9. The van der Waals surface area contributed by atoms with Gasteiger partial charge in [-0.1, -0.05) is 129 Å². The Hall–Kier alpha value is -1.03. The molecule has 0 radical (unpaired) electrons. The molecule has 3 N–H and O–H groups in total. The van der Waals surface area contributed by atoms with E-state index >= 15 is 0 Å². The molecule has 0 bridgehead atoms. The zero-order valence-electron chi connectivity index (χ0n) is 27.2. The van der Waals surface area contributed by atoms with E-state index in [1.165, 1.54) is 70.6 Å². The molecule has 0 fully saturated rings. The van der Waals surface area contributed by atoms with Crippen molar-refractivity contribution < 1.29 is 47.8 Å². The summed E-state index contributed by atoms with van der Waals surface area (Å²) >= 11 is 0. The lowest BCUT2D eigenvalue weighted by Gasteiger charge is -2.20. The third-order valence-corrected chi connectivity index (χ3v) is 8.27. The van der Waals surface area contributed by atoms with E-state index in [4.69, 9.17) is 18.5 Å². The fourth-order valence-corrected chi connectivity index (χ4v) is 5.43. The van der Waals surface area contributed by atoms with Crippen molar-refractivity contribution in [3.63, 3.8) is 0 Å². The van der Waals surface area contributed by atoms with Crippen LogP contribution in [0.3, 0.4) is 0 Å². The van der Waals surface area contributed by atoms with Crippen molar-refractivity contribution in [1.82, 2.24) is 0 Å². The molecule has 0 amide bonds. The first-order chi connectivity index (χ1) is 20.8. The standard InChI is InChI=1S/C32H63O10P/c1-3-5-7-9-11-12-13-14-15-16-17-18-20-22-24-32(36)42-30(26-34)28-40-43(37,38)39-27-29(25-33)41-31(35)23-21-19-10-8-6-4-2/h29-30,33-34H,3-28H2,1-2H3,(H,37,38). The Morgan fingerprint density at radius 3 is 1.09 bits per heavy atom. The Labute approximate surface area is 261 Å². The number of unbranched alkanes of at least 4 members (excludes halogenated alkanes) is 18. The molecule has 256 valence electrons. The predicted molar refractivity (Wildman–Crippen MR) is 169 cm³/mol. The largest absolute Gasteiger partial charge is 0.472 e. The van der Waals surface area contributed by atoms with E-state index in [9.17, 15) is 29.3 Å². The molecule has 0 aliphatic heterocycles. The molecule has 3 unspecified atom stereocenters. The number of hydrogen-bond acceptors (Lipinski definition) is 9. The first kappa shape index (κ1) is 42.0. The average molecular weight is 639 g/mol. The molecule has 3 atom stereocenters. The summed E-state index contributed by atoms with van der Waals surface area (Å²) in [5.41, 5.74) is 0. The lowest BCUT2D eigenvalue weighted by atomic mass is 10.0. The molecule has 10 nitrogen and oxygen atoms in total. The van der Waals surface area contributed by atoms with Gasteiger partial charge in [-0.05, 0) is 12.8 Å². The molecule has 0 saturated carbocycles. The Kier molecular flexibility index (Phi) is 29.0. The molecule has 0 aliphatic rings. The zero-order chi connectivity index (χ0) is 32.0. The molecule has 0 rings (SSSR count). The number of esters is 2. The van der Waals surface area contributed by atoms with Gasteiger partial charge in [-0.2, -0.15) is 0 Å². The van der Waals surface area contributed by atoms with Gasteiger partial charge in [0.25, 0.3) is 0 Å². The number of phosphoric acid groups is 1. The molecule has 0 aromatic carbocycles. The van der Waals surface area contributed by atoms with Crippen molar-refractivity contribution in [1.29, 1.82) is 0 Å². The van der Waals surface area contributed by atoms with Gasteiger partial charge in [-0.3, -0.25) is 18.6 Å². The van der Waals surface area contributed by atoms with Crippen molar-refractivity contribution in [2.45, 2.75) is 167 Å². The number of ether oxygens (including phenoxy) is 2. The third kappa shape index (κ3) is 28.2. The van der Waals surface area contributed by atoms with Crippen LogP contribution in [0.2, 0.25) is 0 Å². The van der Waals surface area contributed by atoms with Gasteiger partial charge < -0.3 is 24.6 Å². The van der Waals surface area contributed by atoms with Gasteiger partial charge >= 0.3 is 19.8 Å². The van der Waals surface area contributed by atoms with E-state index in [2.05, 4.69) is 13.8 Å². The lowest BCUT2D eigenvalue weighted by Crippen LogP contribution is -2.28. The van der Waals surface area contributed by atoms with E-state index in [0.717, 1.165) is 44.9 Å². The van der Waals surface area contributed by atoms with E-state index in [-0.39, 0.29) is 12.8 Å². The molecule has 0 heterocycles. The Balaban J connectivity index is 3.97. The summed E-state index contributed by atoms with van der Waals surface area (Å²) in [4.78, 5) is 34.0. The summed E-state index contributed by atoms with van der Waals surface area (Å²) in [5.74, 6) is -1.02. The van der Waals surface area contributed by atoms with E-state index < -0.39 is 58.4 Å². The second-order valence-corrected chi connectivity index (χ2v) is 13.0. The SMILES string of the molecule is CCCCCCCCCCCCCCCCC(=O)OC(CO)COP(=O)(O)OCC(CO)OC(=O)CCCCCCCC. The van der Waals surface area contributed by atoms with Crippen molar-refractivity contribution in [2.24, 2.45) is 0 Å². The summed E-state index contributed by atoms with van der Waals surface area (Å²) < 4.78 is 32.2. The van der Waals surface area contributed by atoms with Crippen LogP contribution in [0.25, 0.3) is 0 Å². The minimum Gasteiger partial charge on any atom is -0.457 e. The number of carbonyl (C=O) groups is 2. The Morgan fingerprint density at radius 1 is 0.535 bits per heavy atom. The average Bonchev–Trinajstić information content (AvgIpc) is 2.99. The molecule has 43 heavy (non-hydrogen) atoms. The summed E-state index contributed by atoms with van der Waals surface area (Å²) in [6, 6.07) is 0. The molecule has 0 aliphatic carbocycles. The van der Waals surface area contributed by atoms with Crippen LogP contribution >= 0.6 is 7.82 Å². The maximum Gasteiger partial charge on any atom is 0.472 e. The highest BCUT2D eigenvalue weighted by molar-refractivity contribution is 7.47. The van der Waals surface area contributed by atoms with Crippen molar-refractivity contribution >= 4 is 19.8 Å². The highest BCUT2D eigenvalue weighted by atomic mass is 31.2. The maximum atomic E-state index is 12.2. The highest BCUT2D eigenvalue weighted by Crippen LogP contribution is 2.43. The highest BCUT2D eigenvalue weighted by Gasteiger charge is 2.27. The van der Waals surface area contributed by atoms with Crippen LogP contribution in [0, 0.1) is 0 Å². The Bertz CT molecular complexity index is 706. The summed E-state index contributed by atoms with van der Waals surface area (Å²) in [6.07, 6.45) is 21.2. The van der Waals surface area contributed by atoms with Gasteiger partial charge in [-0.15, -0.1) is 0 Å². The molecule has 0 spiro atoms. The van der Waals surface area contributed by atoms with Crippen LogP contribution in [0.15, 0.2) is 0 Å². The lowest BCUT2D eigenvalue weighted by molar-refractivity contribution is -0.153. The monoisotopic (exact) mass is 638 g/mol. The van der Waals surface area contributed by atoms with Crippen LogP contribution in [0.4, 0.5) is 0 Å². The number of carbonyl (C=O) groups excluding carboxylic acids is 2. The van der Waals surface area contributed by atoms with Gasteiger partial charge in [0, 0.05) is 12.8 Å². The van der Waals surface area contributed by atoms with Crippen LogP contribution in [0.5, 0.6) is 0 Å². The van der Waals surface area contributed by atoms with Crippen molar-refractivity contribution in [2.75, 3.05) is 26.4 Å². The molecule has 11 heteroatoms. The fourth-order valence-electron chi connectivity index (χ4n) is 4.64. The van der Waals surface area contributed by atoms with Gasteiger partial charge in [0.05, 0.1) is 26.4 Å². The molecular weight excluding hydrogens is 575 g/mol. The summed E-state index contributed by atoms with van der Waals surface area (Å²) in [7, 11) is -4.61. The van der Waals surface area contributed by atoms with E-state index in [1.54, 1.807) is 0 Å². The molecule has 0 saturated heterocycles. The number of aliphatic hydroxyl groups excluding tert-OH is 2. The second-order valence-electron chi connectivity index (χ2n) is 11.5. The minimum atomic E-state index is -4.61. The van der Waals surface area contributed by atoms with E-state index in [0.29, 0.717) is 12.8 Å². The maximum absolute atomic E-state index is 12.2. The molecule has 0 aromatic rings. The zero-order valence-corrected chi connectivity index (χ0v) is 28.1. The normalized spacial score (nSPS) is 14.3. The topological polar surface area (TPSA) is 149 Å². The van der Waals surface area contributed by atoms with Gasteiger partial charge in [0.1, 0.15) is 12.2 Å². The second kappa shape index (κ2) is 29.7. The number of aliphatic hydroxyl groups is 2. The Morgan fingerprint density at radius 2 is 0.814 bits per heavy atom. The minimum absolute atomic E-state index is 0.193. The number of phosphoric ester groups is 1. The van der Waals surface area contributed by atoms with Gasteiger partial charge in [0.2, 0.25) is 0 Å². The van der Waals surface area contributed by atoms with Crippen molar-refractivity contribution in [3.8, 4) is 0 Å². The number of rotatable bonds is 32. The quantitative estimate of drug-likeness (QED) is 0.0383. The van der Waals surface area contributed by atoms with Gasteiger partial charge in [-0.25, -0.2) is 4.57 Å². The van der Waals surface area contributed by atoms with E-state index in [1.807, 2.05) is 0 Å². The third-order valence-electron chi connectivity index (χ3n) is 7.32. The van der Waals surface area contributed by atoms with Crippen LogP contribution in [-0.2, 0) is 32.7 Å². The van der Waals surface area contributed by atoms with Crippen LogP contribution in [-0.4, -0.2) is 65.7 Å². The molecule has 0 aromatic heterocycles. The first-order valence-corrected chi connectivity index (χ1v) is 18.5. The number of hydrogen-bond donors (Lipinski definition) is 3. The molecular formula is C32H63O10P. The van der Waals surface area contributed by atoms with Crippen LogP contribution < -0.4 is 0 Å².